The molecule has 1 N–H and O–H groups in total. The minimum absolute atomic E-state index is 0.0568. The predicted molar refractivity (Wildman–Crippen MR) is 120 cm³/mol. The number of hydrogen-bond donors (Lipinski definition) is 1. The summed E-state index contributed by atoms with van der Waals surface area (Å²) in [5.74, 6) is 0.738. The predicted octanol–water partition coefficient (Wildman–Crippen LogP) is 2.71. The molecule has 32 heavy (non-hydrogen) atoms. The van der Waals surface area contributed by atoms with Crippen molar-refractivity contribution in [2.24, 2.45) is 5.92 Å². The van der Waals surface area contributed by atoms with Gasteiger partial charge in [0.25, 0.3) is 0 Å². The molecule has 1 saturated heterocycles. The highest BCUT2D eigenvalue weighted by Gasteiger charge is 2.28. The number of carbonyl (C=O) groups excluding carboxylic acids is 3. The number of amides is 2. The van der Waals surface area contributed by atoms with Crippen LogP contribution in [0.1, 0.15) is 28.8 Å². The lowest BCUT2D eigenvalue weighted by Crippen LogP contribution is -2.44. The standard InChI is InChI=1S/C25H26N2O5/c28-23(9-6-18-4-2-1-3-5-18)26-17-24(29)27-12-10-19(11-13-27)25(30)20-7-8-21-22(16-20)32-15-14-31-21/h1-9,16,19H,10-15,17H2,(H,26,28)/b9-6+. The van der Waals surface area contributed by atoms with Crippen molar-refractivity contribution in [2.45, 2.75) is 12.8 Å². The molecule has 0 radical (unpaired) electrons. The van der Waals surface area contributed by atoms with Gasteiger partial charge in [0.1, 0.15) is 13.2 Å². The number of carbonyl (C=O) groups is 3. The molecule has 0 aromatic heterocycles. The number of Topliss-reactive ketones (excluding diaryl/α,β-unsaturated/α-hetero) is 1. The number of fused-ring (bicyclic) bond motifs is 1. The zero-order valence-electron chi connectivity index (χ0n) is 17.8. The topological polar surface area (TPSA) is 84.9 Å². The Kier molecular flexibility index (Phi) is 6.84. The van der Waals surface area contributed by atoms with E-state index in [0.717, 1.165) is 5.56 Å². The highest BCUT2D eigenvalue weighted by Crippen LogP contribution is 2.32. The Balaban J connectivity index is 1.23. The molecule has 1 fully saturated rings. The first-order chi connectivity index (χ1) is 15.6. The Morgan fingerprint density at radius 2 is 1.69 bits per heavy atom. The fourth-order valence-corrected chi connectivity index (χ4v) is 3.89. The Morgan fingerprint density at radius 1 is 0.969 bits per heavy atom. The van der Waals surface area contributed by atoms with E-state index in [4.69, 9.17) is 9.47 Å². The van der Waals surface area contributed by atoms with E-state index in [0.29, 0.717) is 56.2 Å². The van der Waals surface area contributed by atoms with Crippen molar-refractivity contribution in [3.05, 3.63) is 65.7 Å². The lowest BCUT2D eigenvalue weighted by molar-refractivity contribution is -0.133. The fourth-order valence-electron chi connectivity index (χ4n) is 3.89. The maximum absolute atomic E-state index is 12.9. The number of ether oxygens (including phenoxy) is 2. The van der Waals surface area contributed by atoms with E-state index >= 15 is 0 Å². The second-order valence-electron chi connectivity index (χ2n) is 7.84. The number of ketones is 1. The quantitative estimate of drug-likeness (QED) is 0.558. The van der Waals surface area contributed by atoms with Gasteiger partial charge in [-0.05, 0) is 42.7 Å². The SMILES string of the molecule is O=C(/C=C/c1ccccc1)NCC(=O)N1CCC(C(=O)c2ccc3c(c2)OCCO3)CC1. The highest BCUT2D eigenvalue weighted by molar-refractivity contribution is 5.98. The van der Waals surface area contributed by atoms with Crippen molar-refractivity contribution >= 4 is 23.7 Å². The molecular formula is C25H26N2O5. The first kappa shape index (κ1) is 21.6. The van der Waals surface area contributed by atoms with Crippen molar-refractivity contribution in [2.75, 3.05) is 32.8 Å². The minimum Gasteiger partial charge on any atom is -0.486 e. The van der Waals surface area contributed by atoms with E-state index in [1.807, 2.05) is 30.3 Å². The average molecular weight is 434 g/mol. The van der Waals surface area contributed by atoms with E-state index < -0.39 is 0 Å². The van der Waals surface area contributed by atoms with E-state index in [2.05, 4.69) is 5.32 Å². The van der Waals surface area contributed by atoms with Crippen LogP contribution in [0.25, 0.3) is 6.08 Å². The molecule has 7 nitrogen and oxygen atoms in total. The van der Waals surface area contributed by atoms with Crippen LogP contribution in [0.3, 0.4) is 0 Å². The Labute approximate surface area is 187 Å². The van der Waals surface area contributed by atoms with Gasteiger partial charge in [0.05, 0.1) is 6.54 Å². The smallest absolute Gasteiger partial charge is 0.244 e. The van der Waals surface area contributed by atoms with Gasteiger partial charge in [-0.15, -0.1) is 0 Å². The van der Waals surface area contributed by atoms with Gasteiger partial charge < -0.3 is 19.7 Å². The first-order valence-corrected chi connectivity index (χ1v) is 10.8. The van der Waals surface area contributed by atoms with E-state index in [1.165, 1.54) is 6.08 Å². The van der Waals surface area contributed by atoms with Crippen LogP contribution in [-0.2, 0) is 9.59 Å². The Bertz CT molecular complexity index is 1010. The van der Waals surface area contributed by atoms with Crippen LogP contribution >= 0.6 is 0 Å². The highest BCUT2D eigenvalue weighted by atomic mass is 16.6. The van der Waals surface area contributed by atoms with E-state index in [9.17, 15) is 14.4 Å². The number of nitrogens with one attached hydrogen (secondary N) is 1. The third-order valence-electron chi connectivity index (χ3n) is 5.69. The van der Waals surface area contributed by atoms with Crippen LogP contribution in [0.4, 0.5) is 0 Å². The number of rotatable bonds is 6. The largest absolute Gasteiger partial charge is 0.486 e. The molecule has 4 rings (SSSR count). The van der Waals surface area contributed by atoms with Gasteiger partial charge >= 0.3 is 0 Å². The molecule has 7 heteroatoms. The second kappa shape index (κ2) is 10.1. The summed E-state index contributed by atoms with van der Waals surface area (Å²) in [7, 11) is 0. The summed E-state index contributed by atoms with van der Waals surface area (Å²) in [4.78, 5) is 39.0. The number of piperidine rings is 1. The molecule has 2 aromatic carbocycles. The van der Waals surface area contributed by atoms with Crippen LogP contribution in [0, 0.1) is 5.92 Å². The first-order valence-electron chi connectivity index (χ1n) is 10.8. The zero-order valence-corrected chi connectivity index (χ0v) is 17.8. The third-order valence-corrected chi connectivity index (χ3v) is 5.69. The molecule has 2 heterocycles. The van der Waals surface area contributed by atoms with Crippen LogP contribution in [0.5, 0.6) is 11.5 Å². The summed E-state index contributed by atoms with van der Waals surface area (Å²) in [6, 6.07) is 14.8. The fraction of sp³-hybridized carbons (Fsp3) is 0.320. The van der Waals surface area contributed by atoms with Gasteiger partial charge in [-0.1, -0.05) is 30.3 Å². The van der Waals surface area contributed by atoms with Crippen molar-refractivity contribution in [1.82, 2.24) is 10.2 Å². The lowest BCUT2D eigenvalue weighted by Gasteiger charge is -2.31. The van der Waals surface area contributed by atoms with Gasteiger partial charge in [-0.3, -0.25) is 14.4 Å². The number of likely N-dealkylation sites (tertiary alicyclic amines) is 1. The maximum Gasteiger partial charge on any atom is 0.244 e. The van der Waals surface area contributed by atoms with Crippen LogP contribution in [0.15, 0.2) is 54.6 Å². The molecule has 2 aliphatic rings. The summed E-state index contributed by atoms with van der Waals surface area (Å²) in [6.07, 6.45) is 4.32. The van der Waals surface area contributed by atoms with Gasteiger partial charge in [-0.2, -0.15) is 0 Å². The summed E-state index contributed by atoms with van der Waals surface area (Å²) >= 11 is 0. The number of hydrogen-bond acceptors (Lipinski definition) is 5. The minimum atomic E-state index is -0.314. The molecular weight excluding hydrogens is 408 g/mol. The number of nitrogens with zero attached hydrogens (tertiary/aromatic N) is 1. The Morgan fingerprint density at radius 3 is 2.44 bits per heavy atom. The van der Waals surface area contributed by atoms with Gasteiger partial charge in [-0.25, -0.2) is 0 Å². The van der Waals surface area contributed by atoms with Crippen molar-refractivity contribution in [3.63, 3.8) is 0 Å². The normalized spacial score (nSPS) is 16.1. The summed E-state index contributed by atoms with van der Waals surface area (Å²) in [6.45, 7) is 1.92. The summed E-state index contributed by atoms with van der Waals surface area (Å²) in [5.41, 5.74) is 1.52. The zero-order chi connectivity index (χ0) is 22.3. The van der Waals surface area contributed by atoms with Crippen LogP contribution in [-0.4, -0.2) is 55.3 Å². The molecule has 0 aliphatic carbocycles. The van der Waals surface area contributed by atoms with Crippen molar-refractivity contribution < 1.29 is 23.9 Å². The molecule has 2 aliphatic heterocycles. The molecule has 0 bridgehead atoms. The van der Waals surface area contributed by atoms with Crippen molar-refractivity contribution in [1.29, 1.82) is 0 Å². The lowest BCUT2D eigenvalue weighted by atomic mass is 9.88. The molecule has 0 saturated carbocycles. The van der Waals surface area contributed by atoms with Gasteiger partial charge in [0.2, 0.25) is 11.8 Å². The average Bonchev–Trinajstić information content (AvgIpc) is 2.86. The van der Waals surface area contributed by atoms with Crippen LogP contribution < -0.4 is 14.8 Å². The Hall–Kier alpha value is -3.61. The van der Waals surface area contributed by atoms with Crippen LogP contribution in [0.2, 0.25) is 0 Å². The number of benzene rings is 2. The molecule has 2 amide bonds. The van der Waals surface area contributed by atoms with E-state index in [1.54, 1.807) is 29.2 Å². The third kappa shape index (κ3) is 5.35. The molecule has 166 valence electrons. The molecule has 2 aromatic rings. The monoisotopic (exact) mass is 434 g/mol. The maximum atomic E-state index is 12.9. The van der Waals surface area contributed by atoms with Gasteiger partial charge in [0.15, 0.2) is 17.3 Å². The van der Waals surface area contributed by atoms with Gasteiger partial charge in [0, 0.05) is 30.6 Å². The van der Waals surface area contributed by atoms with Crippen molar-refractivity contribution in [3.8, 4) is 11.5 Å². The van der Waals surface area contributed by atoms with E-state index in [-0.39, 0.29) is 30.1 Å². The summed E-state index contributed by atoms with van der Waals surface area (Å²) < 4.78 is 11.1. The molecule has 0 unspecified atom stereocenters. The second-order valence-corrected chi connectivity index (χ2v) is 7.84. The molecule has 0 spiro atoms. The molecule has 0 atom stereocenters. The summed E-state index contributed by atoms with van der Waals surface area (Å²) in [5, 5.41) is 2.63.